The zero-order valence-corrected chi connectivity index (χ0v) is 22.3. The highest BCUT2D eigenvalue weighted by Crippen LogP contribution is 2.39. The Morgan fingerprint density at radius 1 is 0.974 bits per heavy atom. The molecule has 0 heterocycles. The van der Waals surface area contributed by atoms with Gasteiger partial charge in [0, 0.05) is 24.7 Å². The average Bonchev–Trinajstić information content (AvgIpc) is 2.91. The van der Waals surface area contributed by atoms with Crippen LogP contribution in [0.4, 0.5) is 5.69 Å². The lowest BCUT2D eigenvalue weighted by molar-refractivity contribution is -0.143. The molecule has 1 amide bonds. The Morgan fingerprint density at radius 3 is 2.29 bits per heavy atom. The zero-order valence-electron chi connectivity index (χ0n) is 21.4. The number of rotatable bonds is 13. The molecule has 0 unspecified atom stereocenters. The lowest BCUT2D eigenvalue weighted by atomic mass is 9.99. The topological polar surface area (TPSA) is 125 Å². The molecule has 0 aromatic heterocycles. The third-order valence-corrected chi connectivity index (χ3v) is 6.50. The smallest absolute Gasteiger partial charge is 0.344 e. The summed E-state index contributed by atoms with van der Waals surface area (Å²) in [6, 6.07) is 23.2. The van der Waals surface area contributed by atoms with Crippen LogP contribution in [-0.4, -0.2) is 54.3 Å². The van der Waals surface area contributed by atoms with Crippen molar-refractivity contribution >= 4 is 25.2 Å². The molecule has 0 aliphatic rings. The number of amides is 1. The van der Waals surface area contributed by atoms with Crippen molar-refractivity contribution in [1.29, 1.82) is 0 Å². The first-order valence-electron chi connectivity index (χ1n) is 12.2. The van der Waals surface area contributed by atoms with Gasteiger partial charge in [-0.05, 0) is 35.7 Å². The summed E-state index contributed by atoms with van der Waals surface area (Å²) >= 11 is 0. The van der Waals surface area contributed by atoms with Crippen molar-refractivity contribution in [3.8, 4) is 16.9 Å². The summed E-state index contributed by atoms with van der Waals surface area (Å²) in [5.41, 5.74) is 3.27. The van der Waals surface area contributed by atoms with Crippen LogP contribution < -0.4 is 15.0 Å². The average molecular weight is 541 g/mol. The predicted octanol–water partition coefficient (Wildman–Crippen LogP) is 3.98. The van der Waals surface area contributed by atoms with E-state index in [0.29, 0.717) is 11.4 Å². The fourth-order valence-corrected chi connectivity index (χ4v) is 4.78. The summed E-state index contributed by atoms with van der Waals surface area (Å²) in [6.07, 6.45) is -0.536. The molecule has 3 aromatic carbocycles. The second-order valence-electron chi connectivity index (χ2n) is 8.61. The molecular weight excluding hydrogens is 507 g/mol. The van der Waals surface area contributed by atoms with Gasteiger partial charge < -0.3 is 29.5 Å². The molecule has 0 aliphatic heterocycles. The first-order chi connectivity index (χ1) is 18.2. The molecule has 1 atom stereocenters. The maximum atomic E-state index is 13.4. The van der Waals surface area contributed by atoms with Gasteiger partial charge in [0.05, 0.1) is 20.1 Å². The largest absolute Gasteiger partial charge is 0.497 e. The first-order valence-corrected chi connectivity index (χ1v) is 14.0. The molecule has 0 saturated carbocycles. The van der Waals surface area contributed by atoms with Crippen molar-refractivity contribution in [3.05, 3.63) is 84.4 Å². The van der Waals surface area contributed by atoms with Crippen LogP contribution in [0.15, 0.2) is 78.9 Å². The number of carbonyl (C=O) groups excluding carboxylic acids is 2. The van der Waals surface area contributed by atoms with Gasteiger partial charge in [-0.3, -0.25) is 14.2 Å². The number of nitrogens with one attached hydrogen (secondary N) is 1. The molecule has 3 rings (SSSR count). The van der Waals surface area contributed by atoms with Gasteiger partial charge in [-0.25, -0.2) is 0 Å². The molecule has 3 N–H and O–H groups in total. The molecule has 38 heavy (non-hydrogen) atoms. The molecule has 202 valence electrons. The van der Waals surface area contributed by atoms with Crippen molar-refractivity contribution in [2.24, 2.45) is 0 Å². The Labute approximate surface area is 222 Å². The van der Waals surface area contributed by atoms with E-state index in [9.17, 15) is 23.9 Å². The van der Waals surface area contributed by atoms with E-state index in [-0.39, 0.29) is 26.0 Å². The van der Waals surface area contributed by atoms with Crippen molar-refractivity contribution in [3.63, 3.8) is 0 Å². The van der Waals surface area contributed by atoms with E-state index >= 15 is 0 Å². The summed E-state index contributed by atoms with van der Waals surface area (Å²) in [6.45, 7) is 1.97. The van der Waals surface area contributed by atoms with E-state index in [2.05, 4.69) is 5.32 Å². The van der Waals surface area contributed by atoms with Crippen LogP contribution in [-0.2, 0) is 25.3 Å². The van der Waals surface area contributed by atoms with Crippen LogP contribution in [0, 0.1) is 0 Å². The van der Waals surface area contributed by atoms with Gasteiger partial charge in [0.1, 0.15) is 18.1 Å². The normalized spacial score (nSPS) is 11.9. The maximum absolute atomic E-state index is 13.4. The summed E-state index contributed by atoms with van der Waals surface area (Å²) in [5, 5.41) is 2.73. The van der Waals surface area contributed by atoms with Crippen LogP contribution in [0.1, 0.15) is 18.9 Å². The van der Waals surface area contributed by atoms with Gasteiger partial charge in [-0.2, -0.15) is 0 Å². The van der Waals surface area contributed by atoms with E-state index in [1.807, 2.05) is 54.6 Å². The van der Waals surface area contributed by atoms with Gasteiger partial charge in [-0.1, -0.05) is 60.7 Å². The number of anilines is 1. The van der Waals surface area contributed by atoms with E-state index in [4.69, 9.17) is 9.47 Å². The predicted molar refractivity (Wildman–Crippen MR) is 146 cm³/mol. The number of benzene rings is 3. The third-order valence-electron chi connectivity index (χ3n) is 5.82. The lowest BCUT2D eigenvalue weighted by Crippen LogP contribution is -2.49. The first kappa shape index (κ1) is 28.9. The molecule has 0 radical (unpaired) electrons. The molecule has 0 aliphatic carbocycles. The Morgan fingerprint density at radius 2 is 1.66 bits per heavy atom. The van der Waals surface area contributed by atoms with Crippen molar-refractivity contribution in [2.75, 3.05) is 31.4 Å². The molecule has 0 bridgehead atoms. The Hall–Kier alpha value is -3.65. The zero-order chi connectivity index (χ0) is 27.5. The lowest BCUT2D eigenvalue weighted by Gasteiger charge is -2.33. The molecule has 0 saturated heterocycles. The van der Waals surface area contributed by atoms with Gasteiger partial charge >= 0.3 is 13.6 Å². The van der Waals surface area contributed by atoms with Crippen molar-refractivity contribution < 1.29 is 33.4 Å². The fraction of sp³-hybridized carbons (Fsp3) is 0.286. The summed E-state index contributed by atoms with van der Waals surface area (Å²) < 4.78 is 22.4. The molecule has 3 aromatic rings. The Balaban J connectivity index is 1.92. The Bertz CT molecular complexity index is 1250. The minimum absolute atomic E-state index is 0.0181. The number of esters is 1. The van der Waals surface area contributed by atoms with Gasteiger partial charge in [-0.15, -0.1) is 0 Å². The van der Waals surface area contributed by atoms with Crippen LogP contribution in [0.5, 0.6) is 5.75 Å². The third kappa shape index (κ3) is 8.73. The minimum atomic E-state index is -4.58. The Kier molecular flexibility index (Phi) is 10.5. The van der Waals surface area contributed by atoms with Gasteiger partial charge in [0.15, 0.2) is 0 Å². The SMILES string of the molecule is CCOC(=O)CCNC(=O)[C@H](Cc1ccc(-c2ccccc2)cc1)N(CP(=O)(O)O)c1cccc(OC)c1. The highest BCUT2D eigenvalue weighted by atomic mass is 31.2. The molecule has 9 nitrogen and oxygen atoms in total. The molecular formula is C28H33N2O7P. The van der Waals surface area contributed by atoms with Crippen molar-refractivity contribution in [2.45, 2.75) is 25.8 Å². The van der Waals surface area contributed by atoms with Crippen LogP contribution >= 0.6 is 7.60 Å². The van der Waals surface area contributed by atoms with E-state index in [0.717, 1.165) is 16.7 Å². The van der Waals surface area contributed by atoms with E-state index in [1.165, 1.54) is 12.0 Å². The van der Waals surface area contributed by atoms with E-state index < -0.39 is 31.8 Å². The standard InChI is InChI=1S/C28H33N2O7P/c1-3-37-27(31)16-17-29-28(32)26(18-21-12-14-23(15-13-21)22-8-5-4-6-9-22)30(20-38(33,34)35)24-10-7-11-25(19-24)36-2/h4-15,19,26H,3,16-18,20H2,1-2H3,(H,29,32)(H2,33,34,35)/t26-/m0/s1. The quantitative estimate of drug-likeness (QED) is 0.220. The molecule has 0 spiro atoms. The van der Waals surface area contributed by atoms with Crippen LogP contribution in [0.2, 0.25) is 0 Å². The summed E-state index contributed by atoms with van der Waals surface area (Å²) in [5.74, 6) is -0.440. The fourth-order valence-electron chi connectivity index (χ4n) is 4.02. The number of hydrogen-bond acceptors (Lipinski definition) is 6. The van der Waals surface area contributed by atoms with E-state index in [1.54, 1.807) is 31.2 Å². The maximum Gasteiger partial charge on any atom is 0.344 e. The molecule has 0 fully saturated rings. The monoisotopic (exact) mass is 540 g/mol. The van der Waals surface area contributed by atoms with Gasteiger partial charge in [0.25, 0.3) is 0 Å². The highest BCUT2D eigenvalue weighted by Gasteiger charge is 2.32. The number of carbonyl (C=O) groups is 2. The second-order valence-corrected chi connectivity index (χ2v) is 10.2. The number of nitrogens with zero attached hydrogens (tertiary/aromatic N) is 1. The summed E-state index contributed by atoms with van der Waals surface area (Å²) in [7, 11) is -3.09. The number of ether oxygens (including phenoxy) is 2. The number of hydrogen-bond donors (Lipinski definition) is 3. The minimum Gasteiger partial charge on any atom is -0.497 e. The van der Waals surface area contributed by atoms with Crippen LogP contribution in [0.3, 0.4) is 0 Å². The summed E-state index contributed by atoms with van der Waals surface area (Å²) in [4.78, 5) is 46.3. The van der Waals surface area contributed by atoms with Gasteiger partial charge in [0.2, 0.25) is 5.91 Å². The molecule has 10 heteroatoms. The number of methoxy groups -OCH3 is 1. The van der Waals surface area contributed by atoms with Crippen molar-refractivity contribution in [1.82, 2.24) is 5.32 Å². The second kappa shape index (κ2) is 13.8. The van der Waals surface area contributed by atoms with Crippen LogP contribution in [0.25, 0.3) is 11.1 Å². The highest BCUT2D eigenvalue weighted by molar-refractivity contribution is 7.51.